The number of carbonyl (C=O) groups is 1. The Morgan fingerprint density at radius 2 is 2.23 bits per heavy atom. The molecule has 2 atom stereocenters. The zero-order chi connectivity index (χ0) is 19.5. The number of nitriles is 1. The molecule has 140 valence electrons. The zero-order valence-corrected chi connectivity index (χ0v) is 15.4. The van der Waals surface area contributed by atoms with E-state index in [9.17, 15) is 9.90 Å². The summed E-state index contributed by atoms with van der Waals surface area (Å²) in [7, 11) is 0. The number of rotatable bonds is 5. The summed E-state index contributed by atoms with van der Waals surface area (Å²) in [6, 6.07) is 5.57. The van der Waals surface area contributed by atoms with Gasteiger partial charge in [-0.25, -0.2) is 4.98 Å². The number of amides is 1. The lowest BCUT2D eigenvalue weighted by molar-refractivity contribution is -0.144. The van der Waals surface area contributed by atoms with Crippen molar-refractivity contribution in [3.8, 4) is 6.07 Å². The third-order valence-corrected chi connectivity index (χ3v) is 4.73. The van der Waals surface area contributed by atoms with Gasteiger partial charge in [0.15, 0.2) is 0 Å². The fraction of sp³-hybridized carbons (Fsp3) is 0.556. The second-order valence-corrected chi connectivity index (χ2v) is 7.37. The summed E-state index contributed by atoms with van der Waals surface area (Å²) in [5.74, 6) is 0.405. The molecule has 26 heavy (non-hydrogen) atoms. The van der Waals surface area contributed by atoms with Crippen molar-refractivity contribution in [2.75, 3.05) is 24.5 Å². The van der Waals surface area contributed by atoms with E-state index in [0.717, 1.165) is 5.82 Å². The number of amidine groups is 1. The number of carbonyl (C=O) groups excluding carboxylic acids is 1. The molecule has 1 amide bonds. The summed E-state index contributed by atoms with van der Waals surface area (Å²) < 4.78 is 0. The Morgan fingerprint density at radius 3 is 2.73 bits per heavy atom. The molecular weight excluding hydrogens is 332 g/mol. The lowest BCUT2D eigenvalue weighted by Crippen LogP contribution is -2.57. The first kappa shape index (κ1) is 19.7. The number of pyridine rings is 1. The molecule has 8 heteroatoms. The monoisotopic (exact) mass is 358 g/mol. The van der Waals surface area contributed by atoms with Crippen LogP contribution in [0.2, 0.25) is 0 Å². The first-order valence-corrected chi connectivity index (χ1v) is 8.60. The number of nitrogens with zero attached hydrogens (tertiary/aromatic N) is 4. The van der Waals surface area contributed by atoms with Crippen LogP contribution in [0, 0.1) is 22.2 Å². The molecule has 1 aliphatic heterocycles. The van der Waals surface area contributed by atoms with Gasteiger partial charge in [0.25, 0.3) is 0 Å². The maximum atomic E-state index is 12.9. The smallest absolute Gasteiger partial charge is 0.228 e. The highest BCUT2D eigenvalue weighted by Crippen LogP contribution is 2.28. The maximum Gasteiger partial charge on any atom is 0.228 e. The minimum Gasteiger partial charge on any atom is -0.385 e. The molecule has 0 spiro atoms. The van der Waals surface area contributed by atoms with E-state index in [4.69, 9.17) is 16.4 Å². The van der Waals surface area contributed by atoms with E-state index in [-0.39, 0.29) is 24.2 Å². The number of hydrogen-bond donors (Lipinski definition) is 3. The summed E-state index contributed by atoms with van der Waals surface area (Å²) in [4.78, 5) is 21.2. The highest BCUT2D eigenvalue weighted by molar-refractivity contribution is 5.85. The van der Waals surface area contributed by atoms with Crippen molar-refractivity contribution in [2.45, 2.75) is 39.3 Å². The van der Waals surface area contributed by atoms with Gasteiger partial charge in [-0.1, -0.05) is 13.8 Å². The third kappa shape index (κ3) is 4.29. The summed E-state index contributed by atoms with van der Waals surface area (Å²) in [6.07, 6.45) is 0.545. The van der Waals surface area contributed by atoms with Gasteiger partial charge in [-0.05, 0) is 25.5 Å². The van der Waals surface area contributed by atoms with Crippen molar-refractivity contribution in [3.63, 3.8) is 0 Å². The van der Waals surface area contributed by atoms with Crippen LogP contribution in [0.4, 0.5) is 5.82 Å². The highest BCUT2D eigenvalue weighted by atomic mass is 16.3. The molecule has 1 saturated heterocycles. The van der Waals surface area contributed by atoms with E-state index in [0.29, 0.717) is 25.2 Å². The summed E-state index contributed by atoms with van der Waals surface area (Å²) >= 11 is 0. The lowest BCUT2D eigenvalue weighted by atomic mass is 9.84. The second-order valence-electron chi connectivity index (χ2n) is 7.37. The van der Waals surface area contributed by atoms with E-state index < -0.39 is 11.5 Å². The van der Waals surface area contributed by atoms with E-state index in [1.54, 1.807) is 26.1 Å². The molecule has 8 nitrogen and oxygen atoms in total. The van der Waals surface area contributed by atoms with Crippen LogP contribution in [-0.4, -0.2) is 58.5 Å². The second kappa shape index (κ2) is 7.70. The zero-order valence-electron chi connectivity index (χ0n) is 15.4. The van der Waals surface area contributed by atoms with Gasteiger partial charge in [-0.2, -0.15) is 5.26 Å². The van der Waals surface area contributed by atoms with Gasteiger partial charge >= 0.3 is 0 Å². The van der Waals surface area contributed by atoms with Crippen LogP contribution in [0.3, 0.4) is 0 Å². The van der Waals surface area contributed by atoms with E-state index in [1.165, 1.54) is 0 Å². The Kier molecular flexibility index (Phi) is 5.83. The van der Waals surface area contributed by atoms with Gasteiger partial charge in [0.2, 0.25) is 5.91 Å². The van der Waals surface area contributed by atoms with Gasteiger partial charge in [0, 0.05) is 37.3 Å². The largest absolute Gasteiger partial charge is 0.385 e. The van der Waals surface area contributed by atoms with E-state index in [1.807, 2.05) is 24.0 Å². The van der Waals surface area contributed by atoms with Gasteiger partial charge in [-0.3, -0.25) is 10.2 Å². The predicted octanol–water partition coefficient (Wildman–Crippen LogP) is 0.704. The van der Waals surface area contributed by atoms with Crippen molar-refractivity contribution in [1.82, 2.24) is 9.88 Å². The SMILES string of the molecule is CC1CN(c2ccc(C#N)cn2)CCN1C(=O)C(C)(C)CC(O)C(=N)N. The fourth-order valence-corrected chi connectivity index (χ4v) is 3.18. The molecule has 1 aromatic heterocycles. The molecular formula is C18H26N6O2. The Morgan fingerprint density at radius 1 is 1.54 bits per heavy atom. The van der Waals surface area contributed by atoms with Gasteiger partial charge < -0.3 is 20.6 Å². The molecule has 4 N–H and O–H groups in total. The van der Waals surface area contributed by atoms with Crippen molar-refractivity contribution in [2.24, 2.45) is 11.1 Å². The molecule has 2 heterocycles. The summed E-state index contributed by atoms with van der Waals surface area (Å²) in [5, 5.41) is 26.0. The Bertz CT molecular complexity index is 709. The van der Waals surface area contributed by atoms with Gasteiger partial charge in [-0.15, -0.1) is 0 Å². The molecule has 1 aliphatic rings. The van der Waals surface area contributed by atoms with Crippen LogP contribution < -0.4 is 10.6 Å². The van der Waals surface area contributed by atoms with Crippen LogP contribution in [-0.2, 0) is 4.79 Å². The van der Waals surface area contributed by atoms with Crippen molar-refractivity contribution in [3.05, 3.63) is 23.9 Å². The first-order chi connectivity index (χ1) is 12.2. The lowest BCUT2D eigenvalue weighted by Gasteiger charge is -2.43. The Balaban J connectivity index is 2.04. The summed E-state index contributed by atoms with van der Waals surface area (Å²) in [5.41, 5.74) is 5.03. The van der Waals surface area contributed by atoms with Crippen LogP contribution in [0.5, 0.6) is 0 Å². The van der Waals surface area contributed by atoms with Crippen LogP contribution in [0.1, 0.15) is 32.8 Å². The normalized spacial score (nSPS) is 19.0. The molecule has 0 aliphatic carbocycles. The number of aliphatic hydroxyl groups excluding tert-OH is 1. The van der Waals surface area contributed by atoms with Crippen LogP contribution in [0.15, 0.2) is 18.3 Å². The Labute approximate surface area is 153 Å². The topological polar surface area (TPSA) is 130 Å². The molecule has 2 unspecified atom stereocenters. The van der Waals surface area contributed by atoms with Crippen LogP contribution in [0.25, 0.3) is 0 Å². The first-order valence-electron chi connectivity index (χ1n) is 8.60. The van der Waals surface area contributed by atoms with Crippen molar-refractivity contribution >= 4 is 17.6 Å². The number of anilines is 1. The van der Waals surface area contributed by atoms with E-state index >= 15 is 0 Å². The highest BCUT2D eigenvalue weighted by Gasteiger charge is 2.38. The van der Waals surface area contributed by atoms with Crippen molar-refractivity contribution in [1.29, 1.82) is 10.7 Å². The number of nitrogens with one attached hydrogen (secondary N) is 1. The van der Waals surface area contributed by atoms with Gasteiger partial charge in [0.05, 0.1) is 5.56 Å². The summed E-state index contributed by atoms with van der Waals surface area (Å²) in [6.45, 7) is 7.33. The molecule has 0 saturated carbocycles. The molecule has 0 aromatic carbocycles. The average Bonchev–Trinajstić information content (AvgIpc) is 2.60. The Hall–Kier alpha value is -2.66. The average molecular weight is 358 g/mol. The minimum atomic E-state index is -1.12. The maximum absolute atomic E-state index is 12.9. The number of piperazine rings is 1. The van der Waals surface area contributed by atoms with Gasteiger partial charge in [0.1, 0.15) is 23.8 Å². The predicted molar refractivity (Wildman–Crippen MR) is 98.7 cm³/mol. The van der Waals surface area contributed by atoms with Crippen molar-refractivity contribution < 1.29 is 9.90 Å². The third-order valence-electron chi connectivity index (χ3n) is 4.73. The quantitative estimate of drug-likeness (QED) is 0.525. The number of hydrogen-bond acceptors (Lipinski definition) is 6. The van der Waals surface area contributed by atoms with E-state index in [2.05, 4.69) is 9.88 Å². The molecule has 1 aromatic rings. The molecule has 1 fully saturated rings. The number of aliphatic hydroxyl groups is 1. The number of nitrogens with two attached hydrogens (primary N) is 1. The minimum absolute atomic E-state index is 0.0255. The fourth-order valence-electron chi connectivity index (χ4n) is 3.18. The number of aromatic nitrogens is 1. The standard InChI is InChI=1S/C18H26N6O2/c1-12-11-23(15-5-4-13(9-19)10-22-15)6-7-24(12)17(26)18(2,3)8-14(25)16(20)21/h4-5,10,12,14,25H,6-8,11H2,1-3H3,(H3,20,21). The molecule has 0 radical (unpaired) electrons. The van der Waals surface area contributed by atoms with Crippen LogP contribution >= 0.6 is 0 Å². The molecule has 2 rings (SSSR count). The molecule has 0 bridgehead atoms.